The molecule has 0 aliphatic rings. The van der Waals surface area contributed by atoms with Crippen molar-refractivity contribution >= 4 is 33.2 Å². The highest BCUT2D eigenvalue weighted by molar-refractivity contribution is 7.89. The maximum Gasteiger partial charge on any atom is 0.244 e. The minimum Gasteiger partial charge on any atom is -0.383 e. The summed E-state index contributed by atoms with van der Waals surface area (Å²) >= 11 is 6.01. The molecule has 1 amide bonds. The fourth-order valence-electron chi connectivity index (χ4n) is 2.09. The van der Waals surface area contributed by atoms with Crippen LogP contribution in [-0.4, -0.2) is 84.7 Å². The minimum atomic E-state index is -3.71. The van der Waals surface area contributed by atoms with Crippen LogP contribution in [0.25, 0.3) is 0 Å². The smallest absolute Gasteiger partial charge is 0.244 e. The van der Waals surface area contributed by atoms with Gasteiger partial charge in [0.25, 0.3) is 0 Å². The summed E-state index contributed by atoms with van der Waals surface area (Å²) in [6.45, 7) is 2.26. The van der Waals surface area contributed by atoms with Gasteiger partial charge in [-0.05, 0) is 18.2 Å². The van der Waals surface area contributed by atoms with E-state index >= 15 is 0 Å². The number of carbonyl (C=O) groups is 1. The number of anilines is 1. The fraction of sp³-hybridized carbons (Fsp3) is 0.562. The van der Waals surface area contributed by atoms with Crippen LogP contribution >= 0.6 is 11.6 Å². The lowest BCUT2D eigenvalue weighted by atomic mass is 10.3. The number of nitrogens with zero attached hydrogens (tertiary/aromatic N) is 2. The topological polar surface area (TPSA) is 88.2 Å². The van der Waals surface area contributed by atoms with Gasteiger partial charge in [0.1, 0.15) is 4.90 Å². The number of carbonyl (C=O) groups excluding carboxylic acids is 1. The quantitative estimate of drug-likeness (QED) is 0.591. The molecule has 0 unspecified atom stereocenters. The van der Waals surface area contributed by atoms with Gasteiger partial charge in [-0.1, -0.05) is 11.6 Å². The number of rotatable bonds is 11. The van der Waals surface area contributed by atoms with Crippen molar-refractivity contribution in [2.45, 2.75) is 4.90 Å². The molecule has 1 N–H and O–H groups in total. The molecule has 0 saturated carbocycles. The van der Waals surface area contributed by atoms with Gasteiger partial charge >= 0.3 is 0 Å². The third-order valence-corrected chi connectivity index (χ3v) is 5.86. The number of benzene rings is 1. The first-order valence-electron chi connectivity index (χ1n) is 7.94. The van der Waals surface area contributed by atoms with Gasteiger partial charge in [-0.25, -0.2) is 12.7 Å². The van der Waals surface area contributed by atoms with E-state index in [-0.39, 0.29) is 22.4 Å². The zero-order valence-electron chi connectivity index (χ0n) is 15.5. The molecule has 0 aliphatic carbocycles. The van der Waals surface area contributed by atoms with Crippen molar-refractivity contribution < 1.29 is 22.7 Å². The maximum absolute atomic E-state index is 12.3. The summed E-state index contributed by atoms with van der Waals surface area (Å²) in [5.74, 6) is -0.271. The summed E-state index contributed by atoms with van der Waals surface area (Å²) in [6.07, 6.45) is 0. The molecule has 1 rings (SSSR count). The lowest BCUT2D eigenvalue weighted by molar-refractivity contribution is -0.117. The predicted octanol–water partition coefficient (Wildman–Crippen LogP) is 1.12. The van der Waals surface area contributed by atoms with Gasteiger partial charge in [-0.15, -0.1) is 0 Å². The monoisotopic (exact) mass is 407 g/mol. The van der Waals surface area contributed by atoms with Crippen molar-refractivity contribution in [3.8, 4) is 0 Å². The molecule has 0 fully saturated rings. The lowest BCUT2D eigenvalue weighted by Gasteiger charge is -2.21. The zero-order valence-corrected chi connectivity index (χ0v) is 17.1. The second-order valence-corrected chi connectivity index (χ2v) is 8.27. The lowest BCUT2D eigenvalue weighted by Crippen LogP contribution is -2.37. The van der Waals surface area contributed by atoms with E-state index in [1.165, 1.54) is 26.2 Å². The number of methoxy groups -OCH3 is 2. The Morgan fingerprint density at radius 3 is 2.23 bits per heavy atom. The summed E-state index contributed by atoms with van der Waals surface area (Å²) in [4.78, 5) is 14.1. The number of amides is 1. The van der Waals surface area contributed by atoms with Gasteiger partial charge < -0.3 is 14.8 Å². The van der Waals surface area contributed by atoms with Crippen molar-refractivity contribution in [3.05, 3.63) is 23.2 Å². The van der Waals surface area contributed by atoms with E-state index in [2.05, 4.69) is 5.32 Å². The van der Waals surface area contributed by atoms with Gasteiger partial charge in [-0.2, -0.15) is 0 Å². The molecule has 10 heteroatoms. The number of hydrogen-bond donors (Lipinski definition) is 1. The molecule has 1 aromatic carbocycles. The molecule has 148 valence electrons. The highest BCUT2D eigenvalue weighted by Crippen LogP contribution is 2.26. The van der Waals surface area contributed by atoms with Gasteiger partial charge in [0.15, 0.2) is 0 Å². The summed E-state index contributed by atoms with van der Waals surface area (Å²) < 4.78 is 35.7. The highest BCUT2D eigenvalue weighted by Gasteiger charge is 2.21. The number of ether oxygens (including phenoxy) is 2. The second kappa shape index (κ2) is 10.8. The average molecular weight is 408 g/mol. The van der Waals surface area contributed by atoms with E-state index in [9.17, 15) is 13.2 Å². The van der Waals surface area contributed by atoms with Crippen molar-refractivity contribution in [1.82, 2.24) is 9.21 Å². The largest absolute Gasteiger partial charge is 0.383 e. The van der Waals surface area contributed by atoms with Crippen molar-refractivity contribution in [2.24, 2.45) is 0 Å². The number of sulfonamides is 1. The van der Waals surface area contributed by atoms with E-state index in [0.717, 1.165) is 4.31 Å². The van der Waals surface area contributed by atoms with Crippen LogP contribution in [0.4, 0.5) is 5.69 Å². The Balaban J connectivity index is 2.85. The molecular weight excluding hydrogens is 382 g/mol. The van der Waals surface area contributed by atoms with Crippen LogP contribution in [0.2, 0.25) is 5.02 Å². The number of halogens is 1. The molecule has 8 nitrogen and oxygen atoms in total. The second-order valence-electron chi connectivity index (χ2n) is 5.74. The molecule has 26 heavy (non-hydrogen) atoms. The first-order chi connectivity index (χ1) is 12.2. The fourth-order valence-corrected chi connectivity index (χ4v) is 3.48. The van der Waals surface area contributed by atoms with Gasteiger partial charge in [0.05, 0.1) is 24.8 Å². The molecule has 0 heterocycles. The highest BCUT2D eigenvalue weighted by atomic mass is 35.5. The van der Waals surface area contributed by atoms with Crippen molar-refractivity contribution in [2.75, 3.05) is 66.5 Å². The first kappa shape index (κ1) is 22.8. The van der Waals surface area contributed by atoms with Crippen LogP contribution in [0.5, 0.6) is 0 Å². The molecule has 0 saturated heterocycles. The summed E-state index contributed by atoms with van der Waals surface area (Å²) in [5, 5.41) is 2.80. The van der Waals surface area contributed by atoms with Crippen molar-refractivity contribution in [1.29, 1.82) is 0 Å². The minimum absolute atomic E-state index is 0.0578. The normalized spacial score (nSPS) is 12.0. The van der Waals surface area contributed by atoms with Crippen LogP contribution < -0.4 is 5.32 Å². The van der Waals surface area contributed by atoms with Gasteiger partial charge in [-0.3, -0.25) is 9.69 Å². The van der Waals surface area contributed by atoms with Crippen LogP contribution in [0.15, 0.2) is 23.1 Å². The molecule has 0 atom stereocenters. The number of hydrogen-bond acceptors (Lipinski definition) is 6. The number of nitrogens with one attached hydrogen (secondary N) is 1. The maximum atomic E-state index is 12.3. The Hall–Kier alpha value is -1.23. The van der Waals surface area contributed by atoms with Crippen LogP contribution in [0.1, 0.15) is 0 Å². The van der Waals surface area contributed by atoms with Crippen LogP contribution in [-0.2, 0) is 24.3 Å². The third kappa shape index (κ3) is 6.82. The predicted molar refractivity (Wildman–Crippen MR) is 101 cm³/mol. The third-order valence-electron chi connectivity index (χ3n) is 3.56. The Morgan fingerprint density at radius 1 is 1.15 bits per heavy atom. The van der Waals surface area contributed by atoms with E-state index in [1.54, 1.807) is 20.3 Å². The SMILES string of the molecule is COCCN(CCOC)CC(=O)Nc1ccc(Cl)c(S(=O)(=O)N(C)C)c1. The molecular formula is C16H26ClN3O5S. The van der Waals surface area contributed by atoms with E-state index in [0.29, 0.717) is 32.0 Å². The molecule has 0 bridgehead atoms. The summed E-state index contributed by atoms with van der Waals surface area (Å²) in [6, 6.07) is 4.36. The first-order valence-corrected chi connectivity index (χ1v) is 9.76. The van der Waals surface area contributed by atoms with E-state index < -0.39 is 10.0 Å². The van der Waals surface area contributed by atoms with E-state index in [4.69, 9.17) is 21.1 Å². The average Bonchev–Trinajstić information content (AvgIpc) is 2.58. The van der Waals surface area contributed by atoms with Crippen LogP contribution in [0, 0.1) is 0 Å². The Labute approximate surface area is 160 Å². The van der Waals surface area contributed by atoms with Gasteiger partial charge in [0, 0.05) is 47.1 Å². The Bertz CT molecular complexity index is 689. The molecule has 0 aliphatic heterocycles. The zero-order chi connectivity index (χ0) is 19.7. The molecule has 0 radical (unpaired) electrons. The van der Waals surface area contributed by atoms with Gasteiger partial charge in [0.2, 0.25) is 15.9 Å². The molecule has 0 spiro atoms. The Kier molecular flexibility index (Phi) is 9.48. The summed E-state index contributed by atoms with van der Waals surface area (Å²) in [7, 11) is 2.31. The van der Waals surface area contributed by atoms with Crippen molar-refractivity contribution in [3.63, 3.8) is 0 Å². The molecule has 0 aromatic heterocycles. The van der Waals surface area contributed by atoms with Crippen LogP contribution in [0.3, 0.4) is 0 Å². The van der Waals surface area contributed by atoms with E-state index in [1.807, 2.05) is 4.90 Å². The summed E-state index contributed by atoms with van der Waals surface area (Å²) in [5.41, 5.74) is 0.359. The molecule has 1 aromatic rings. The Morgan fingerprint density at radius 2 is 1.73 bits per heavy atom. The standard InChI is InChI=1S/C16H26ClN3O5S/c1-19(2)26(22,23)15-11-13(5-6-14(15)17)18-16(21)12-20(7-9-24-3)8-10-25-4/h5-6,11H,7-10,12H2,1-4H3,(H,18,21).